The van der Waals surface area contributed by atoms with Gasteiger partial charge in [0, 0.05) is 18.3 Å². The summed E-state index contributed by atoms with van der Waals surface area (Å²) in [6.07, 6.45) is 0.177. The number of rotatable bonds is 6. The van der Waals surface area contributed by atoms with E-state index in [0.29, 0.717) is 25.0 Å². The van der Waals surface area contributed by atoms with Gasteiger partial charge in [-0.25, -0.2) is 4.98 Å². The normalized spacial score (nSPS) is 15.8. The van der Waals surface area contributed by atoms with Gasteiger partial charge in [0.2, 0.25) is 5.88 Å². The molecule has 0 unspecified atom stereocenters. The second-order valence-corrected chi connectivity index (χ2v) is 5.26. The molecule has 4 nitrogen and oxygen atoms in total. The molecule has 0 amide bonds. The predicted molar refractivity (Wildman–Crippen MR) is 70.8 cm³/mol. The van der Waals surface area contributed by atoms with Crippen LogP contribution in [0.5, 0.6) is 5.88 Å². The zero-order chi connectivity index (χ0) is 13.0. The van der Waals surface area contributed by atoms with Gasteiger partial charge in [-0.2, -0.15) is 0 Å². The smallest absolute Gasteiger partial charge is 0.214 e. The molecule has 0 radical (unpaired) electrons. The third-order valence-corrected chi connectivity index (χ3v) is 2.77. The van der Waals surface area contributed by atoms with Crippen molar-refractivity contribution in [3.8, 4) is 5.88 Å². The van der Waals surface area contributed by atoms with Crippen molar-refractivity contribution in [1.82, 2.24) is 10.3 Å². The molecule has 1 N–H and O–H groups in total. The van der Waals surface area contributed by atoms with E-state index in [9.17, 15) is 0 Å². The fourth-order valence-electron chi connectivity index (χ4n) is 1.83. The van der Waals surface area contributed by atoms with Crippen molar-refractivity contribution < 1.29 is 9.47 Å². The molecule has 0 bridgehead atoms. The van der Waals surface area contributed by atoms with Gasteiger partial charge in [-0.3, -0.25) is 0 Å². The summed E-state index contributed by atoms with van der Waals surface area (Å²) in [5, 5.41) is 3.43. The van der Waals surface area contributed by atoms with Crippen molar-refractivity contribution in [2.24, 2.45) is 5.92 Å². The van der Waals surface area contributed by atoms with E-state index in [0.717, 1.165) is 18.8 Å². The molecule has 18 heavy (non-hydrogen) atoms. The molecule has 2 rings (SSSR count). The first-order valence-electron chi connectivity index (χ1n) is 6.56. The number of hydrogen-bond donors (Lipinski definition) is 1. The van der Waals surface area contributed by atoms with Crippen LogP contribution in [0.3, 0.4) is 0 Å². The van der Waals surface area contributed by atoms with E-state index >= 15 is 0 Å². The number of aromatic nitrogens is 1. The second-order valence-electron chi connectivity index (χ2n) is 5.26. The van der Waals surface area contributed by atoms with Crippen LogP contribution in [0.25, 0.3) is 0 Å². The summed E-state index contributed by atoms with van der Waals surface area (Å²) in [6, 6.07) is 4.11. The quantitative estimate of drug-likeness (QED) is 0.837. The van der Waals surface area contributed by atoms with Gasteiger partial charge >= 0.3 is 0 Å². The highest BCUT2D eigenvalue weighted by atomic mass is 16.6. The van der Waals surface area contributed by atoms with Crippen LogP contribution in [0.15, 0.2) is 12.1 Å². The molecule has 2 heterocycles. The maximum Gasteiger partial charge on any atom is 0.214 e. The minimum absolute atomic E-state index is 0.177. The Bertz CT molecular complexity index is 389. The lowest BCUT2D eigenvalue weighted by Crippen LogP contribution is -2.38. The summed E-state index contributed by atoms with van der Waals surface area (Å²) in [7, 11) is 0. The van der Waals surface area contributed by atoms with Crippen molar-refractivity contribution in [3.63, 3.8) is 0 Å². The summed E-state index contributed by atoms with van der Waals surface area (Å²) >= 11 is 0. The zero-order valence-electron chi connectivity index (χ0n) is 11.4. The van der Waals surface area contributed by atoms with E-state index in [2.05, 4.69) is 30.2 Å². The number of hydrogen-bond acceptors (Lipinski definition) is 4. The molecule has 0 spiro atoms. The third kappa shape index (κ3) is 3.96. The summed E-state index contributed by atoms with van der Waals surface area (Å²) in [5.41, 5.74) is 2.22. The first-order chi connectivity index (χ1) is 8.63. The van der Waals surface area contributed by atoms with Crippen molar-refractivity contribution in [2.45, 2.75) is 33.4 Å². The fraction of sp³-hybridized carbons (Fsp3) is 0.643. The van der Waals surface area contributed by atoms with E-state index in [1.54, 1.807) is 0 Å². The van der Waals surface area contributed by atoms with E-state index in [1.165, 1.54) is 5.56 Å². The number of pyridine rings is 1. The summed E-state index contributed by atoms with van der Waals surface area (Å²) in [4.78, 5) is 4.39. The molecule has 1 aromatic rings. The zero-order valence-corrected chi connectivity index (χ0v) is 11.4. The van der Waals surface area contributed by atoms with Gasteiger partial charge in [-0.1, -0.05) is 13.8 Å². The van der Waals surface area contributed by atoms with Gasteiger partial charge in [0.15, 0.2) is 0 Å². The molecule has 0 saturated carbocycles. The molecular weight excluding hydrogens is 228 g/mol. The van der Waals surface area contributed by atoms with Crippen molar-refractivity contribution in [3.05, 3.63) is 23.4 Å². The lowest BCUT2D eigenvalue weighted by molar-refractivity contribution is -0.0814. The molecule has 1 fully saturated rings. The Labute approximate surface area is 109 Å². The van der Waals surface area contributed by atoms with Gasteiger partial charge in [-0.15, -0.1) is 0 Å². The van der Waals surface area contributed by atoms with Crippen molar-refractivity contribution in [2.75, 3.05) is 19.8 Å². The summed E-state index contributed by atoms with van der Waals surface area (Å²) < 4.78 is 10.8. The van der Waals surface area contributed by atoms with E-state index in [-0.39, 0.29) is 6.10 Å². The van der Waals surface area contributed by atoms with Crippen LogP contribution in [0.1, 0.15) is 25.1 Å². The van der Waals surface area contributed by atoms with Gasteiger partial charge in [0.05, 0.1) is 13.2 Å². The molecule has 0 aromatic carbocycles. The molecule has 100 valence electrons. The first-order valence-corrected chi connectivity index (χ1v) is 6.56. The van der Waals surface area contributed by atoms with E-state index in [4.69, 9.17) is 9.47 Å². The summed E-state index contributed by atoms with van der Waals surface area (Å²) in [5.74, 6) is 1.38. The van der Waals surface area contributed by atoms with Crippen molar-refractivity contribution in [1.29, 1.82) is 0 Å². The van der Waals surface area contributed by atoms with Crippen LogP contribution in [-0.2, 0) is 11.3 Å². The monoisotopic (exact) mass is 250 g/mol. The number of nitrogens with zero attached hydrogens (tertiary/aromatic N) is 1. The highest BCUT2D eigenvalue weighted by Crippen LogP contribution is 2.16. The average molecular weight is 250 g/mol. The van der Waals surface area contributed by atoms with Crippen LogP contribution < -0.4 is 10.1 Å². The molecule has 0 atom stereocenters. The largest absolute Gasteiger partial charge is 0.469 e. The molecule has 4 heteroatoms. The average Bonchev–Trinajstić information content (AvgIpc) is 2.22. The fourth-order valence-corrected chi connectivity index (χ4v) is 1.83. The van der Waals surface area contributed by atoms with Crippen LogP contribution in [0.4, 0.5) is 0 Å². The number of aryl methyl sites for hydroxylation is 1. The molecule has 1 saturated heterocycles. The van der Waals surface area contributed by atoms with Crippen LogP contribution in [-0.4, -0.2) is 30.8 Å². The summed E-state index contributed by atoms with van der Waals surface area (Å²) in [6.45, 7) is 9.64. The highest BCUT2D eigenvalue weighted by molar-refractivity contribution is 5.24. The predicted octanol–water partition coefficient (Wildman–Crippen LogP) is 1.91. The minimum atomic E-state index is 0.177. The third-order valence-electron chi connectivity index (χ3n) is 2.77. The Balaban J connectivity index is 1.92. The Morgan fingerprint density at radius 3 is 2.83 bits per heavy atom. The van der Waals surface area contributed by atoms with Gasteiger partial charge in [0.1, 0.15) is 6.10 Å². The molecule has 1 aliphatic heterocycles. The van der Waals surface area contributed by atoms with E-state index in [1.807, 2.05) is 13.0 Å². The molecule has 0 aliphatic carbocycles. The van der Waals surface area contributed by atoms with Crippen molar-refractivity contribution >= 4 is 0 Å². The van der Waals surface area contributed by atoms with Crippen LogP contribution in [0.2, 0.25) is 0 Å². The Hall–Kier alpha value is -1.13. The topological polar surface area (TPSA) is 43.4 Å². The minimum Gasteiger partial charge on any atom is -0.469 e. The molecule has 1 aromatic heterocycles. The maximum atomic E-state index is 5.74. The lowest BCUT2D eigenvalue weighted by Gasteiger charge is -2.26. The lowest BCUT2D eigenvalue weighted by atomic mass is 10.2. The number of nitrogens with one attached hydrogen (secondary N) is 1. The molecular formula is C14H22N2O2. The number of ether oxygens (including phenoxy) is 2. The Morgan fingerprint density at radius 2 is 2.22 bits per heavy atom. The second kappa shape index (κ2) is 6.16. The Morgan fingerprint density at radius 1 is 1.44 bits per heavy atom. The van der Waals surface area contributed by atoms with E-state index < -0.39 is 0 Å². The first kappa shape index (κ1) is 13.3. The highest BCUT2D eigenvalue weighted by Gasteiger charge is 2.20. The van der Waals surface area contributed by atoms with Gasteiger partial charge in [-0.05, 0) is 31.0 Å². The van der Waals surface area contributed by atoms with Crippen LogP contribution in [0, 0.1) is 12.8 Å². The Kier molecular flexibility index (Phi) is 4.55. The van der Waals surface area contributed by atoms with Gasteiger partial charge < -0.3 is 14.8 Å². The SMILES string of the molecule is Cc1cc(CNCC(C)C)cc(OC2COC2)n1. The maximum absolute atomic E-state index is 5.74. The molecule has 1 aliphatic rings. The van der Waals surface area contributed by atoms with Crippen LogP contribution >= 0.6 is 0 Å². The van der Waals surface area contributed by atoms with Gasteiger partial charge in [0.25, 0.3) is 0 Å². The standard InChI is InChI=1S/C14H22N2O2/c1-10(2)6-15-7-12-4-11(3)16-14(5-12)18-13-8-17-9-13/h4-5,10,13,15H,6-9H2,1-3H3.